The molecule has 0 saturated heterocycles. The molecule has 0 fully saturated rings. The van der Waals surface area contributed by atoms with Crippen LogP contribution in [0.25, 0.3) is 0 Å². The Labute approximate surface area is 55.8 Å². The average molecular weight is 130 g/mol. The fourth-order valence-corrected chi connectivity index (χ4v) is 0.535. The first-order chi connectivity index (χ1) is 4.35. The quantitative estimate of drug-likeness (QED) is 0.546. The second kappa shape index (κ2) is 5.79. The van der Waals surface area contributed by atoms with Gasteiger partial charge in [-0.2, -0.15) is 0 Å². The van der Waals surface area contributed by atoms with E-state index < -0.39 is 0 Å². The smallest absolute Gasteiger partial charge is 0.0484 e. The van der Waals surface area contributed by atoms with Crippen molar-refractivity contribution < 1.29 is 10.2 Å². The Kier molecular flexibility index (Phi) is 5.57. The van der Waals surface area contributed by atoms with E-state index in [-0.39, 0.29) is 19.1 Å². The van der Waals surface area contributed by atoms with Crippen molar-refractivity contribution in [1.82, 2.24) is 0 Å². The van der Waals surface area contributed by atoms with E-state index in [4.69, 9.17) is 10.2 Å². The summed E-state index contributed by atoms with van der Waals surface area (Å²) in [5.74, 6) is 0.0289. The third-order valence-electron chi connectivity index (χ3n) is 1.22. The number of allylic oxidation sites excluding steroid dienone is 2. The van der Waals surface area contributed by atoms with E-state index >= 15 is 0 Å². The van der Waals surface area contributed by atoms with Crippen LogP contribution < -0.4 is 0 Å². The molecule has 0 atom stereocenters. The third-order valence-corrected chi connectivity index (χ3v) is 1.22. The molecule has 2 nitrogen and oxygen atoms in total. The van der Waals surface area contributed by atoms with Gasteiger partial charge in [0.15, 0.2) is 0 Å². The van der Waals surface area contributed by atoms with Crippen LogP contribution in [0.4, 0.5) is 0 Å². The number of aliphatic hydroxyl groups is 2. The lowest BCUT2D eigenvalue weighted by atomic mass is 10.1. The Bertz CT molecular complexity index is 75.0. The van der Waals surface area contributed by atoms with Gasteiger partial charge in [0, 0.05) is 19.1 Å². The largest absolute Gasteiger partial charge is 0.396 e. The highest BCUT2D eigenvalue weighted by Gasteiger charge is 2.00. The summed E-state index contributed by atoms with van der Waals surface area (Å²) in [6.45, 7) is 2.06. The number of aliphatic hydroxyl groups excluding tert-OH is 2. The lowest BCUT2D eigenvalue weighted by Gasteiger charge is -2.05. The first-order valence-electron chi connectivity index (χ1n) is 3.18. The molecule has 0 aliphatic heterocycles. The van der Waals surface area contributed by atoms with Crippen LogP contribution in [0, 0.1) is 5.92 Å². The highest BCUT2D eigenvalue weighted by molar-refractivity contribution is 4.79. The summed E-state index contributed by atoms with van der Waals surface area (Å²) in [6.07, 6.45) is 4.62. The standard InChI is InChI=1S/C7H14O2/c1-2-3-4-7(5-8)6-9/h2-3,7-9H,4-6H2,1H3/b3-2+. The van der Waals surface area contributed by atoms with Crippen molar-refractivity contribution in [3.05, 3.63) is 12.2 Å². The Morgan fingerprint density at radius 3 is 2.22 bits per heavy atom. The lowest BCUT2D eigenvalue weighted by molar-refractivity contribution is 0.152. The van der Waals surface area contributed by atoms with Crippen molar-refractivity contribution in [1.29, 1.82) is 0 Å². The topological polar surface area (TPSA) is 40.5 Å². The van der Waals surface area contributed by atoms with E-state index in [1.807, 2.05) is 19.1 Å². The van der Waals surface area contributed by atoms with Crippen LogP contribution in [0.3, 0.4) is 0 Å². The van der Waals surface area contributed by atoms with Gasteiger partial charge in [-0.1, -0.05) is 12.2 Å². The zero-order valence-electron chi connectivity index (χ0n) is 5.75. The van der Waals surface area contributed by atoms with Crippen molar-refractivity contribution in [3.8, 4) is 0 Å². The van der Waals surface area contributed by atoms with Gasteiger partial charge in [-0.25, -0.2) is 0 Å². The monoisotopic (exact) mass is 130 g/mol. The first-order valence-corrected chi connectivity index (χ1v) is 3.18. The van der Waals surface area contributed by atoms with Crippen LogP contribution in [0.2, 0.25) is 0 Å². The summed E-state index contributed by atoms with van der Waals surface area (Å²) in [5, 5.41) is 17.1. The number of hydrogen-bond donors (Lipinski definition) is 2. The molecule has 0 amide bonds. The van der Waals surface area contributed by atoms with E-state index in [2.05, 4.69) is 0 Å². The maximum atomic E-state index is 8.56. The predicted octanol–water partition coefficient (Wildman–Crippen LogP) is 0.553. The van der Waals surface area contributed by atoms with Crippen molar-refractivity contribution in [2.24, 2.45) is 5.92 Å². The van der Waals surface area contributed by atoms with Gasteiger partial charge in [0.2, 0.25) is 0 Å². The van der Waals surface area contributed by atoms with Crippen LogP contribution >= 0.6 is 0 Å². The molecule has 0 rings (SSSR count). The summed E-state index contributed by atoms with van der Waals surface area (Å²) in [7, 11) is 0. The fourth-order valence-electron chi connectivity index (χ4n) is 0.535. The summed E-state index contributed by atoms with van der Waals surface area (Å²) in [6, 6.07) is 0. The second-order valence-electron chi connectivity index (χ2n) is 2.04. The molecule has 0 unspecified atom stereocenters. The highest BCUT2D eigenvalue weighted by atomic mass is 16.3. The van der Waals surface area contributed by atoms with Gasteiger partial charge in [-0.15, -0.1) is 0 Å². The zero-order chi connectivity index (χ0) is 7.11. The van der Waals surface area contributed by atoms with Gasteiger partial charge in [-0.3, -0.25) is 0 Å². The van der Waals surface area contributed by atoms with E-state index in [9.17, 15) is 0 Å². The van der Waals surface area contributed by atoms with Crippen LogP contribution in [-0.4, -0.2) is 23.4 Å². The minimum atomic E-state index is 0.0289. The van der Waals surface area contributed by atoms with E-state index in [0.29, 0.717) is 0 Å². The Morgan fingerprint density at radius 2 is 1.89 bits per heavy atom. The molecule has 2 N–H and O–H groups in total. The first kappa shape index (κ1) is 8.66. The van der Waals surface area contributed by atoms with E-state index in [1.165, 1.54) is 0 Å². The van der Waals surface area contributed by atoms with Crippen molar-refractivity contribution >= 4 is 0 Å². The minimum Gasteiger partial charge on any atom is -0.396 e. The summed E-state index contributed by atoms with van der Waals surface area (Å²) in [5.41, 5.74) is 0. The van der Waals surface area contributed by atoms with Crippen molar-refractivity contribution in [3.63, 3.8) is 0 Å². The molecule has 0 heterocycles. The normalized spacial score (nSPS) is 11.6. The summed E-state index contributed by atoms with van der Waals surface area (Å²) >= 11 is 0. The van der Waals surface area contributed by atoms with Gasteiger partial charge < -0.3 is 10.2 Å². The van der Waals surface area contributed by atoms with E-state index in [1.54, 1.807) is 0 Å². The molecule has 2 heteroatoms. The van der Waals surface area contributed by atoms with E-state index in [0.717, 1.165) is 6.42 Å². The molecular weight excluding hydrogens is 116 g/mol. The second-order valence-corrected chi connectivity index (χ2v) is 2.04. The average Bonchev–Trinajstić information content (AvgIpc) is 1.91. The van der Waals surface area contributed by atoms with Gasteiger partial charge in [0.25, 0.3) is 0 Å². The maximum Gasteiger partial charge on any atom is 0.0484 e. The Morgan fingerprint density at radius 1 is 1.33 bits per heavy atom. The van der Waals surface area contributed by atoms with Crippen molar-refractivity contribution in [2.75, 3.05) is 13.2 Å². The maximum absolute atomic E-state index is 8.56. The Balaban J connectivity index is 3.31. The molecule has 54 valence electrons. The molecule has 0 aliphatic rings. The van der Waals surface area contributed by atoms with Crippen LogP contribution in [0.15, 0.2) is 12.2 Å². The van der Waals surface area contributed by atoms with Crippen LogP contribution in [0.5, 0.6) is 0 Å². The number of hydrogen-bond acceptors (Lipinski definition) is 2. The lowest BCUT2D eigenvalue weighted by Crippen LogP contribution is -2.09. The predicted molar refractivity (Wildman–Crippen MR) is 37.1 cm³/mol. The molecule has 0 aromatic carbocycles. The molecular formula is C7H14O2. The molecule has 9 heavy (non-hydrogen) atoms. The molecule has 0 spiro atoms. The van der Waals surface area contributed by atoms with Crippen LogP contribution in [-0.2, 0) is 0 Å². The van der Waals surface area contributed by atoms with Gasteiger partial charge >= 0.3 is 0 Å². The third kappa shape index (κ3) is 4.18. The van der Waals surface area contributed by atoms with Gasteiger partial charge in [0.1, 0.15) is 0 Å². The number of rotatable bonds is 4. The van der Waals surface area contributed by atoms with Gasteiger partial charge in [0.05, 0.1) is 0 Å². The molecule has 0 radical (unpaired) electrons. The molecule has 0 bridgehead atoms. The SMILES string of the molecule is C/C=C/CC(CO)CO. The highest BCUT2D eigenvalue weighted by Crippen LogP contribution is 2.00. The molecule has 0 aromatic heterocycles. The summed E-state index contributed by atoms with van der Waals surface area (Å²) < 4.78 is 0. The van der Waals surface area contributed by atoms with Crippen molar-refractivity contribution in [2.45, 2.75) is 13.3 Å². The molecule has 0 aliphatic carbocycles. The van der Waals surface area contributed by atoms with Crippen LogP contribution in [0.1, 0.15) is 13.3 Å². The molecule has 0 saturated carbocycles. The molecule has 0 aromatic rings. The van der Waals surface area contributed by atoms with Gasteiger partial charge in [-0.05, 0) is 13.3 Å². The zero-order valence-corrected chi connectivity index (χ0v) is 5.75. The fraction of sp³-hybridized carbons (Fsp3) is 0.714. The minimum absolute atomic E-state index is 0.0289. The Hall–Kier alpha value is -0.340. The summed E-state index contributed by atoms with van der Waals surface area (Å²) in [4.78, 5) is 0.